The van der Waals surface area contributed by atoms with E-state index in [9.17, 15) is 0 Å². The van der Waals surface area contributed by atoms with Crippen LogP contribution in [0, 0.1) is 0 Å². The predicted molar refractivity (Wildman–Crippen MR) is 210 cm³/mol. The maximum absolute atomic E-state index is 5.09. The predicted octanol–water partition coefficient (Wildman–Crippen LogP) is 12.1. The molecule has 2 aliphatic carbocycles. The lowest BCUT2D eigenvalue weighted by atomic mass is 9.69. The van der Waals surface area contributed by atoms with E-state index in [1.165, 1.54) is 71.6 Å². The van der Waals surface area contributed by atoms with Crippen LogP contribution in [0.15, 0.2) is 182 Å². The second-order valence-corrected chi connectivity index (χ2v) is 13.7. The smallest absolute Gasteiger partial charge is 0.0893 e. The minimum atomic E-state index is -0.420. The average molecular weight is 647 g/mol. The molecule has 11 rings (SSSR count). The molecule has 0 unspecified atom stereocenters. The molecule has 1 spiro atoms. The van der Waals surface area contributed by atoms with Crippen molar-refractivity contribution in [1.29, 1.82) is 0 Å². The van der Waals surface area contributed by atoms with Crippen molar-refractivity contribution in [2.75, 3.05) is 0 Å². The van der Waals surface area contributed by atoms with E-state index in [0.717, 1.165) is 28.2 Å². The molecule has 9 aromatic rings. The lowest BCUT2D eigenvalue weighted by Gasteiger charge is -2.31. The molecule has 0 atom stereocenters. The average Bonchev–Trinajstić information content (AvgIpc) is 3.67. The van der Waals surface area contributed by atoms with E-state index in [4.69, 9.17) is 4.98 Å². The van der Waals surface area contributed by atoms with E-state index in [-0.39, 0.29) is 0 Å². The van der Waals surface area contributed by atoms with E-state index in [2.05, 4.69) is 157 Å². The summed E-state index contributed by atoms with van der Waals surface area (Å²) in [4.78, 5) is 9.64. The lowest BCUT2D eigenvalue weighted by molar-refractivity contribution is 0.802. The summed E-state index contributed by atoms with van der Waals surface area (Å²) in [5.41, 5.74) is 16.4. The summed E-state index contributed by atoms with van der Waals surface area (Å²) in [6.07, 6.45) is 1.82. The standard InChI is InChI=1S/C49H30N2/c1-2-14-36-31(12-1)25-26-40-41-29-32-23-24-33(35-13-3-4-17-39(35)45-21-11-22-47(51-45)46-20-9-10-27-50-46)28-34(32)30-44(41)49(48(36)40)42-18-7-5-15-37(42)38-16-6-8-19-43(38)49/h1-30H. The van der Waals surface area contributed by atoms with E-state index in [0.29, 0.717) is 0 Å². The zero-order chi connectivity index (χ0) is 33.5. The fourth-order valence-electron chi connectivity index (χ4n) is 9.03. The molecule has 2 aliphatic rings. The Hall–Kier alpha value is -6.64. The van der Waals surface area contributed by atoms with E-state index in [1.807, 2.05) is 30.5 Å². The largest absolute Gasteiger partial charge is 0.255 e. The Kier molecular flexibility index (Phi) is 5.91. The summed E-state index contributed by atoms with van der Waals surface area (Å²) in [6, 6.07) is 64.3. The molecule has 2 nitrogen and oxygen atoms in total. The first-order valence-corrected chi connectivity index (χ1v) is 17.6. The Morgan fingerprint density at radius 1 is 0.353 bits per heavy atom. The van der Waals surface area contributed by atoms with Crippen LogP contribution in [0.1, 0.15) is 22.3 Å². The van der Waals surface area contributed by atoms with Gasteiger partial charge in [-0.25, -0.2) is 4.98 Å². The van der Waals surface area contributed by atoms with Gasteiger partial charge in [-0.1, -0.05) is 133 Å². The zero-order valence-corrected chi connectivity index (χ0v) is 27.7. The van der Waals surface area contributed by atoms with Gasteiger partial charge in [-0.05, 0) is 120 Å². The molecule has 0 fully saturated rings. The third-order valence-electron chi connectivity index (χ3n) is 11.1. The molecule has 0 N–H and O–H groups in total. The summed E-state index contributed by atoms with van der Waals surface area (Å²) < 4.78 is 0. The summed E-state index contributed by atoms with van der Waals surface area (Å²) in [5.74, 6) is 0. The van der Waals surface area contributed by atoms with Gasteiger partial charge in [0.05, 0.1) is 22.5 Å². The highest BCUT2D eigenvalue weighted by atomic mass is 14.8. The molecule has 0 aliphatic heterocycles. The van der Waals surface area contributed by atoms with Crippen LogP contribution in [0.4, 0.5) is 0 Å². The van der Waals surface area contributed by atoms with Gasteiger partial charge in [-0.15, -0.1) is 0 Å². The van der Waals surface area contributed by atoms with Crippen LogP contribution in [-0.2, 0) is 5.41 Å². The number of fused-ring (bicyclic) bond motifs is 13. The van der Waals surface area contributed by atoms with Gasteiger partial charge in [0.1, 0.15) is 0 Å². The van der Waals surface area contributed by atoms with Gasteiger partial charge in [0.2, 0.25) is 0 Å². The summed E-state index contributed by atoms with van der Waals surface area (Å²) in [7, 11) is 0. The second kappa shape index (κ2) is 10.7. The van der Waals surface area contributed by atoms with E-state index < -0.39 is 5.41 Å². The third-order valence-corrected chi connectivity index (χ3v) is 11.1. The van der Waals surface area contributed by atoms with Crippen LogP contribution in [0.3, 0.4) is 0 Å². The molecule has 236 valence electrons. The van der Waals surface area contributed by atoms with Crippen LogP contribution in [0.2, 0.25) is 0 Å². The molecule has 0 saturated carbocycles. The fourth-order valence-corrected chi connectivity index (χ4v) is 9.03. The molecule has 2 heteroatoms. The molecule has 0 bridgehead atoms. The Morgan fingerprint density at radius 3 is 1.82 bits per heavy atom. The van der Waals surface area contributed by atoms with Gasteiger partial charge in [-0.3, -0.25) is 4.98 Å². The maximum atomic E-state index is 5.09. The van der Waals surface area contributed by atoms with Crippen molar-refractivity contribution in [3.63, 3.8) is 0 Å². The Labute approximate surface area is 296 Å². The van der Waals surface area contributed by atoms with Crippen molar-refractivity contribution < 1.29 is 0 Å². The molecular weight excluding hydrogens is 617 g/mol. The van der Waals surface area contributed by atoms with Crippen molar-refractivity contribution in [3.8, 4) is 56.0 Å². The van der Waals surface area contributed by atoms with Crippen LogP contribution in [-0.4, -0.2) is 9.97 Å². The third kappa shape index (κ3) is 3.93. The summed E-state index contributed by atoms with van der Waals surface area (Å²) in [6.45, 7) is 0. The van der Waals surface area contributed by atoms with Gasteiger partial charge < -0.3 is 0 Å². The Bertz CT molecular complexity index is 2820. The molecule has 0 amide bonds. The van der Waals surface area contributed by atoms with E-state index in [1.54, 1.807) is 0 Å². The SMILES string of the molecule is c1ccc(-c2cccc(-c3ccccc3-c3ccc4cc5c(cc4c3)C3(c4ccccc4-c4ccccc43)c3c-5ccc4ccccc34)n2)nc1. The highest BCUT2D eigenvalue weighted by Crippen LogP contribution is 2.64. The first-order valence-electron chi connectivity index (χ1n) is 17.6. The first kappa shape index (κ1) is 28.2. The summed E-state index contributed by atoms with van der Waals surface area (Å²) in [5, 5.41) is 5.06. The fraction of sp³-hybridized carbons (Fsp3) is 0.0204. The quantitative estimate of drug-likeness (QED) is 0.191. The molecular formula is C49H30N2. The van der Waals surface area contributed by atoms with Gasteiger partial charge in [0.25, 0.3) is 0 Å². The van der Waals surface area contributed by atoms with Crippen molar-refractivity contribution in [3.05, 3.63) is 204 Å². The molecule has 2 aromatic heterocycles. The molecule has 51 heavy (non-hydrogen) atoms. The topological polar surface area (TPSA) is 25.8 Å². The highest BCUT2D eigenvalue weighted by molar-refractivity contribution is 6.06. The first-order chi connectivity index (χ1) is 25.3. The molecule has 2 heterocycles. The zero-order valence-electron chi connectivity index (χ0n) is 27.7. The minimum Gasteiger partial charge on any atom is -0.255 e. The number of pyridine rings is 2. The van der Waals surface area contributed by atoms with Gasteiger partial charge >= 0.3 is 0 Å². The Morgan fingerprint density at radius 2 is 1.02 bits per heavy atom. The van der Waals surface area contributed by atoms with Crippen molar-refractivity contribution in [1.82, 2.24) is 9.97 Å². The van der Waals surface area contributed by atoms with Gasteiger partial charge in [0.15, 0.2) is 0 Å². The van der Waals surface area contributed by atoms with Crippen LogP contribution >= 0.6 is 0 Å². The summed E-state index contributed by atoms with van der Waals surface area (Å²) >= 11 is 0. The van der Waals surface area contributed by atoms with Crippen LogP contribution < -0.4 is 0 Å². The number of aromatic nitrogens is 2. The van der Waals surface area contributed by atoms with Crippen molar-refractivity contribution in [2.45, 2.75) is 5.41 Å². The van der Waals surface area contributed by atoms with Gasteiger partial charge in [0, 0.05) is 11.8 Å². The number of hydrogen-bond acceptors (Lipinski definition) is 2. The van der Waals surface area contributed by atoms with Crippen molar-refractivity contribution in [2.24, 2.45) is 0 Å². The number of rotatable bonds is 3. The van der Waals surface area contributed by atoms with Gasteiger partial charge in [-0.2, -0.15) is 0 Å². The number of nitrogens with zero attached hydrogens (tertiary/aromatic N) is 2. The highest BCUT2D eigenvalue weighted by Gasteiger charge is 2.52. The monoisotopic (exact) mass is 646 g/mol. The van der Waals surface area contributed by atoms with E-state index >= 15 is 0 Å². The van der Waals surface area contributed by atoms with Crippen LogP contribution in [0.5, 0.6) is 0 Å². The van der Waals surface area contributed by atoms with Crippen LogP contribution in [0.25, 0.3) is 77.6 Å². The maximum Gasteiger partial charge on any atom is 0.0893 e. The Balaban J connectivity index is 1.15. The normalized spacial score (nSPS) is 13.3. The molecule has 0 saturated heterocycles. The molecule has 0 radical (unpaired) electrons. The molecule has 7 aromatic carbocycles. The number of hydrogen-bond donors (Lipinski definition) is 0. The number of benzene rings is 7. The lowest BCUT2D eigenvalue weighted by Crippen LogP contribution is -2.26. The second-order valence-electron chi connectivity index (χ2n) is 13.7. The minimum absolute atomic E-state index is 0.420. The van der Waals surface area contributed by atoms with Crippen molar-refractivity contribution >= 4 is 21.5 Å².